The summed E-state index contributed by atoms with van der Waals surface area (Å²) < 4.78 is 44.5. The van der Waals surface area contributed by atoms with Crippen LogP contribution in [0.4, 0.5) is 18.9 Å². The van der Waals surface area contributed by atoms with E-state index in [1.807, 2.05) is 0 Å². The van der Waals surface area contributed by atoms with Gasteiger partial charge in [0.05, 0.1) is 12.7 Å². The summed E-state index contributed by atoms with van der Waals surface area (Å²) in [4.78, 5) is 2.31. The molecule has 0 radical (unpaired) electrons. The monoisotopic (exact) mass is 300 g/mol. The molecule has 0 aromatic heterocycles. The van der Waals surface area contributed by atoms with Crippen LogP contribution in [-0.2, 0) is 6.18 Å². The van der Waals surface area contributed by atoms with Crippen LogP contribution < -0.4 is 10.1 Å². The van der Waals surface area contributed by atoms with Gasteiger partial charge in [0.2, 0.25) is 0 Å². The molecule has 0 amide bonds. The summed E-state index contributed by atoms with van der Waals surface area (Å²) in [5, 5.41) is 3.12. The lowest BCUT2D eigenvalue weighted by molar-refractivity contribution is -0.137. The van der Waals surface area contributed by atoms with E-state index in [1.54, 1.807) is 6.07 Å². The molecule has 0 spiro atoms. The molecular weight excluding hydrogens is 281 g/mol. The topological polar surface area (TPSA) is 24.5 Å². The number of rotatable bonds is 3. The number of hydrogen-bond acceptors (Lipinski definition) is 3. The van der Waals surface area contributed by atoms with E-state index in [4.69, 9.17) is 4.74 Å². The molecule has 1 N–H and O–H groups in total. The highest BCUT2D eigenvalue weighted by molar-refractivity contribution is 5.56. The van der Waals surface area contributed by atoms with Gasteiger partial charge in [0.25, 0.3) is 0 Å². The maximum atomic E-state index is 13.2. The standard InChI is InChI=1S/C15H19F3N2O/c1-21-11-2-3-13(12(8-11)15(16,17)18)19-14-9-20-6-4-10(14)5-7-20/h2-3,8,10,14,19H,4-7,9H2,1H3. The maximum absolute atomic E-state index is 13.2. The number of anilines is 1. The van der Waals surface area contributed by atoms with Crippen molar-refractivity contribution in [1.29, 1.82) is 0 Å². The molecule has 3 nitrogen and oxygen atoms in total. The van der Waals surface area contributed by atoms with E-state index in [0.29, 0.717) is 5.92 Å². The Bertz CT molecular complexity index is 510. The van der Waals surface area contributed by atoms with Gasteiger partial charge in [-0.1, -0.05) is 0 Å². The first kappa shape index (κ1) is 14.5. The summed E-state index contributed by atoms with van der Waals surface area (Å²) in [6.45, 7) is 2.96. The molecule has 116 valence electrons. The van der Waals surface area contributed by atoms with Crippen molar-refractivity contribution >= 4 is 5.69 Å². The average Bonchev–Trinajstić information content (AvgIpc) is 2.48. The third-order valence-electron chi connectivity index (χ3n) is 4.53. The number of nitrogens with zero attached hydrogens (tertiary/aromatic N) is 1. The Morgan fingerprint density at radius 3 is 2.48 bits per heavy atom. The molecule has 21 heavy (non-hydrogen) atoms. The lowest BCUT2D eigenvalue weighted by Gasteiger charge is -2.45. The minimum absolute atomic E-state index is 0.0991. The number of halogens is 3. The van der Waals surface area contributed by atoms with Crippen LogP contribution in [0.15, 0.2) is 18.2 Å². The molecule has 1 unspecified atom stereocenters. The summed E-state index contributed by atoms with van der Waals surface area (Å²) in [5.74, 6) is 0.694. The van der Waals surface area contributed by atoms with Crippen molar-refractivity contribution in [3.05, 3.63) is 23.8 Å². The van der Waals surface area contributed by atoms with Crippen LogP contribution in [0.3, 0.4) is 0 Å². The Balaban J connectivity index is 1.84. The molecule has 4 rings (SSSR count). The molecule has 0 saturated carbocycles. The second-order valence-electron chi connectivity index (χ2n) is 5.80. The van der Waals surface area contributed by atoms with Crippen LogP contribution in [0, 0.1) is 5.92 Å². The van der Waals surface area contributed by atoms with Gasteiger partial charge in [0.1, 0.15) is 5.75 Å². The first-order valence-electron chi connectivity index (χ1n) is 7.21. The lowest BCUT2D eigenvalue weighted by atomic mass is 9.84. The highest BCUT2D eigenvalue weighted by atomic mass is 19.4. The molecular formula is C15H19F3N2O. The van der Waals surface area contributed by atoms with Crippen LogP contribution in [0.1, 0.15) is 18.4 Å². The number of nitrogens with one attached hydrogen (secondary N) is 1. The highest BCUT2D eigenvalue weighted by Crippen LogP contribution is 2.39. The normalized spacial score (nSPS) is 28.5. The van der Waals surface area contributed by atoms with Crippen LogP contribution in [0.5, 0.6) is 5.75 Å². The number of hydrogen-bond donors (Lipinski definition) is 1. The highest BCUT2D eigenvalue weighted by Gasteiger charge is 2.37. The number of alkyl halides is 3. The second-order valence-corrected chi connectivity index (χ2v) is 5.80. The molecule has 1 aromatic carbocycles. The predicted molar refractivity (Wildman–Crippen MR) is 74.6 cm³/mol. The third-order valence-corrected chi connectivity index (χ3v) is 4.53. The van der Waals surface area contributed by atoms with Crippen molar-refractivity contribution in [2.75, 3.05) is 32.1 Å². The summed E-state index contributed by atoms with van der Waals surface area (Å²) in [5.41, 5.74) is -0.500. The van der Waals surface area contributed by atoms with Crippen LogP contribution in [0.2, 0.25) is 0 Å². The molecule has 6 heteroatoms. The van der Waals surface area contributed by atoms with Gasteiger partial charge in [-0.2, -0.15) is 13.2 Å². The third kappa shape index (κ3) is 2.95. The molecule has 3 saturated heterocycles. The first-order valence-corrected chi connectivity index (χ1v) is 7.21. The summed E-state index contributed by atoms with van der Waals surface area (Å²) in [6.07, 6.45) is -2.25. The lowest BCUT2D eigenvalue weighted by Crippen LogP contribution is -2.53. The van der Waals surface area contributed by atoms with Crippen LogP contribution in [-0.4, -0.2) is 37.7 Å². The number of benzene rings is 1. The number of ether oxygens (including phenoxy) is 1. The van der Waals surface area contributed by atoms with E-state index < -0.39 is 11.7 Å². The minimum Gasteiger partial charge on any atom is -0.497 e. The average molecular weight is 300 g/mol. The molecule has 0 aliphatic carbocycles. The molecule has 3 aliphatic heterocycles. The van der Waals surface area contributed by atoms with Crippen molar-refractivity contribution in [3.8, 4) is 5.75 Å². The molecule has 2 bridgehead atoms. The zero-order chi connectivity index (χ0) is 15.0. The predicted octanol–water partition coefficient (Wildman–Crippen LogP) is 3.22. The number of methoxy groups -OCH3 is 1. The van der Waals surface area contributed by atoms with Crippen molar-refractivity contribution in [2.45, 2.75) is 25.1 Å². The fourth-order valence-corrected chi connectivity index (χ4v) is 3.34. The Labute approximate surface area is 122 Å². The quantitative estimate of drug-likeness (QED) is 0.927. The fraction of sp³-hybridized carbons (Fsp3) is 0.600. The first-order chi connectivity index (χ1) is 9.97. The number of fused-ring (bicyclic) bond motifs is 3. The van der Waals surface area contributed by atoms with Gasteiger partial charge in [-0.25, -0.2) is 0 Å². The Morgan fingerprint density at radius 2 is 1.95 bits per heavy atom. The number of piperidine rings is 3. The van der Waals surface area contributed by atoms with E-state index >= 15 is 0 Å². The van der Waals surface area contributed by atoms with Crippen molar-refractivity contribution < 1.29 is 17.9 Å². The smallest absolute Gasteiger partial charge is 0.418 e. The van der Waals surface area contributed by atoms with Gasteiger partial charge in [0, 0.05) is 18.3 Å². The summed E-state index contributed by atoms with van der Waals surface area (Å²) in [6, 6.07) is 4.20. The largest absolute Gasteiger partial charge is 0.497 e. The van der Waals surface area contributed by atoms with Gasteiger partial charge >= 0.3 is 6.18 Å². The Kier molecular flexibility index (Phi) is 3.73. The van der Waals surface area contributed by atoms with Gasteiger partial charge in [-0.05, 0) is 50.0 Å². The van der Waals surface area contributed by atoms with Crippen molar-refractivity contribution in [1.82, 2.24) is 4.90 Å². The van der Waals surface area contributed by atoms with E-state index in [-0.39, 0.29) is 17.5 Å². The second kappa shape index (κ2) is 5.40. The zero-order valence-corrected chi connectivity index (χ0v) is 11.9. The molecule has 1 aromatic rings. The van der Waals surface area contributed by atoms with Gasteiger partial charge in [0.15, 0.2) is 0 Å². The summed E-state index contributed by atoms with van der Waals surface area (Å²) >= 11 is 0. The van der Waals surface area contributed by atoms with E-state index in [9.17, 15) is 13.2 Å². The van der Waals surface area contributed by atoms with Crippen molar-refractivity contribution in [2.24, 2.45) is 5.92 Å². The molecule has 3 fully saturated rings. The van der Waals surface area contributed by atoms with Gasteiger partial charge < -0.3 is 15.0 Å². The summed E-state index contributed by atoms with van der Waals surface area (Å²) in [7, 11) is 1.37. The Hall–Kier alpha value is -1.43. The van der Waals surface area contributed by atoms with E-state index in [0.717, 1.165) is 38.5 Å². The SMILES string of the molecule is COc1ccc(NC2CN3CCC2CC3)c(C(F)(F)F)c1. The maximum Gasteiger partial charge on any atom is 0.418 e. The minimum atomic E-state index is -4.38. The van der Waals surface area contributed by atoms with Gasteiger partial charge in [-0.3, -0.25) is 0 Å². The Morgan fingerprint density at radius 1 is 1.24 bits per heavy atom. The van der Waals surface area contributed by atoms with Crippen molar-refractivity contribution in [3.63, 3.8) is 0 Å². The van der Waals surface area contributed by atoms with Crippen LogP contribution >= 0.6 is 0 Å². The molecule has 3 heterocycles. The molecule has 3 aliphatic rings. The van der Waals surface area contributed by atoms with Gasteiger partial charge in [-0.15, -0.1) is 0 Å². The fourth-order valence-electron chi connectivity index (χ4n) is 3.34. The van der Waals surface area contributed by atoms with Crippen LogP contribution in [0.25, 0.3) is 0 Å². The van der Waals surface area contributed by atoms with E-state index in [1.165, 1.54) is 13.2 Å². The van der Waals surface area contributed by atoms with E-state index in [2.05, 4.69) is 10.2 Å². The zero-order valence-electron chi connectivity index (χ0n) is 11.9. The molecule has 1 atom stereocenters.